The number of aliphatic carboxylic acids is 1. The summed E-state index contributed by atoms with van der Waals surface area (Å²) in [4.78, 5) is 38.7. The Bertz CT molecular complexity index is 523. The van der Waals surface area contributed by atoms with Crippen LogP contribution in [-0.4, -0.2) is 40.0 Å². The second kappa shape index (κ2) is 5.03. The van der Waals surface area contributed by atoms with Crippen LogP contribution in [0.15, 0.2) is 23.3 Å². The molecule has 96 valence electrons. The van der Waals surface area contributed by atoms with Crippen LogP contribution < -0.4 is 5.43 Å². The number of pyridine rings is 1. The number of H-pyrrole nitrogens is 1. The van der Waals surface area contributed by atoms with Gasteiger partial charge in [0.25, 0.3) is 5.91 Å². The molecule has 1 aromatic rings. The van der Waals surface area contributed by atoms with E-state index < -0.39 is 17.8 Å². The molecule has 2 heterocycles. The molecule has 1 aromatic heterocycles. The van der Waals surface area contributed by atoms with Gasteiger partial charge >= 0.3 is 5.97 Å². The van der Waals surface area contributed by atoms with Crippen molar-refractivity contribution in [3.05, 3.63) is 34.2 Å². The van der Waals surface area contributed by atoms with Crippen molar-refractivity contribution in [1.29, 1.82) is 0 Å². The zero-order valence-corrected chi connectivity index (χ0v) is 9.76. The first-order valence-corrected chi connectivity index (χ1v) is 5.79. The normalized spacial score (nSPS) is 19.6. The van der Waals surface area contributed by atoms with Crippen LogP contribution in [-0.2, 0) is 4.79 Å². The van der Waals surface area contributed by atoms with E-state index in [9.17, 15) is 14.4 Å². The minimum absolute atomic E-state index is 0.0588. The Labute approximate surface area is 103 Å². The van der Waals surface area contributed by atoms with Crippen molar-refractivity contribution in [2.45, 2.75) is 12.8 Å². The van der Waals surface area contributed by atoms with Gasteiger partial charge in [-0.15, -0.1) is 0 Å². The molecule has 0 radical (unpaired) electrons. The summed E-state index contributed by atoms with van der Waals surface area (Å²) in [5.41, 5.74) is -0.292. The summed E-state index contributed by atoms with van der Waals surface area (Å²) < 4.78 is 0. The number of piperidine rings is 1. The van der Waals surface area contributed by atoms with Crippen LogP contribution in [0.4, 0.5) is 0 Å². The van der Waals surface area contributed by atoms with Crippen LogP contribution in [0.5, 0.6) is 0 Å². The number of aromatic nitrogens is 1. The standard InChI is InChI=1S/C12H14N2O4/c15-10-3-4-13-6-9(10)11(16)14-5-1-2-8(7-14)12(17)18/h3-4,6,8H,1-2,5,7H2,(H,13,15)(H,17,18)/t8-/m1/s1. The Morgan fingerprint density at radius 1 is 1.44 bits per heavy atom. The smallest absolute Gasteiger partial charge is 0.308 e. The fourth-order valence-corrected chi connectivity index (χ4v) is 2.12. The molecule has 1 fully saturated rings. The van der Waals surface area contributed by atoms with Crippen molar-refractivity contribution in [2.75, 3.05) is 13.1 Å². The van der Waals surface area contributed by atoms with E-state index in [0.29, 0.717) is 19.4 Å². The highest BCUT2D eigenvalue weighted by molar-refractivity contribution is 5.94. The topological polar surface area (TPSA) is 90.5 Å². The number of amides is 1. The number of carboxylic acids is 1. The van der Waals surface area contributed by atoms with Crippen LogP contribution in [0, 0.1) is 5.92 Å². The Morgan fingerprint density at radius 2 is 2.22 bits per heavy atom. The van der Waals surface area contributed by atoms with Crippen LogP contribution in [0.25, 0.3) is 0 Å². The molecule has 2 rings (SSSR count). The van der Waals surface area contributed by atoms with Crippen molar-refractivity contribution in [3.8, 4) is 0 Å². The number of nitrogens with one attached hydrogen (secondary N) is 1. The second-order valence-electron chi connectivity index (χ2n) is 4.35. The highest BCUT2D eigenvalue weighted by Crippen LogP contribution is 2.17. The van der Waals surface area contributed by atoms with Crippen molar-refractivity contribution in [1.82, 2.24) is 9.88 Å². The van der Waals surface area contributed by atoms with E-state index >= 15 is 0 Å². The minimum Gasteiger partial charge on any atom is -0.481 e. The number of likely N-dealkylation sites (tertiary alicyclic amines) is 1. The van der Waals surface area contributed by atoms with Gasteiger partial charge in [0, 0.05) is 31.5 Å². The van der Waals surface area contributed by atoms with Gasteiger partial charge in [0.2, 0.25) is 0 Å². The highest BCUT2D eigenvalue weighted by atomic mass is 16.4. The van der Waals surface area contributed by atoms with E-state index in [1.807, 2.05) is 0 Å². The molecule has 2 N–H and O–H groups in total. The van der Waals surface area contributed by atoms with Gasteiger partial charge in [-0.3, -0.25) is 14.4 Å². The molecule has 0 saturated carbocycles. The van der Waals surface area contributed by atoms with Gasteiger partial charge in [-0.25, -0.2) is 0 Å². The predicted octanol–water partition coefficient (Wildman–Crippen LogP) is 0.312. The lowest BCUT2D eigenvalue weighted by molar-refractivity contribution is -0.143. The van der Waals surface area contributed by atoms with Gasteiger partial charge in [0.1, 0.15) is 5.56 Å². The number of carbonyl (C=O) groups is 2. The van der Waals surface area contributed by atoms with Gasteiger partial charge in [-0.1, -0.05) is 0 Å². The molecule has 6 nitrogen and oxygen atoms in total. The minimum atomic E-state index is -0.894. The number of hydrogen-bond donors (Lipinski definition) is 2. The van der Waals surface area contributed by atoms with Crippen molar-refractivity contribution >= 4 is 11.9 Å². The molecular formula is C12H14N2O4. The van der Waals surface area contributed by atoms with E-state index in [4.69, 9.17) is 5.11 Å². The van der Waals surface area contributed by atoms with Crippen molar-refractivity contribution in [2.24, 2.45) is 5.92 Å². The number of carboxylic acid groups (broad SMARTS) is 1. The Balaban J connectivity index is 2.17. The lowest BCUT2D eigenvalue weighted by Gasteiger charge is -2.30. The highest BCUT2D eigenvalue weighted by Gasteiger charge is 2.29. The molecule has 6 heteroatoms. The number of hydrogen-bond acceptors (Lipinski definition) is 3. The summed E-state index contributed by atoms with van der Waals surface area (Å²) in [6, 6.07) is 1.28. The Kier molecular flexibility index (Phi) is 3.45. The van der Waals surface area contributed by atoms with E-state index in [1.165, 1.54) is 23.4 Å². The van der Waals surface area contributed by atoms with Crippen LogP contribution >= 0.6 is 0 Å². The molecular weight excluding hydrogens is 236 g/mol. The van der Waals surface area contributed by atoms with Crippen LogP contribution in [0.2, 0.25) is 0 Å². The molecule has 1 aliphatic rings. The van der Waals surface area contributed by atoms with Gasteiger partial charge < -0.3 is 15.0 Å². The van der Waals surface area contributed by atoms with Gasteiger partial charge in [0.05, 0.1) is 5.92 Å². The second-order valence-corrected chi connectivity index (χ2v) is 4.35. The summed E-state index contributed by atoms with van der Waals surface area (Å²) in [7, 11) is 0. The lowest BCUT2D eigenvalue weighted by Crippen LogP contribution is -2.43. The Hall–Kier alpha value is -2.11. The zero-order chi connectivity index (χ0) is 13.1. The van der Waals surface area contributed by atoms with Crippen LogP contribution in [0.3, 0.4) is 0 Å². The van der Waals surface area contributed by atoms with Crippen LogP contribution in [0.1, 0.15) is 23.2 Å². The molecule has 0 aromatic carbocycles. The largest absolute Gasteiger partial charge is 0.481 e. The number of aromatic amines is 1. The average molecular weight is 250 g/mol. The third-order valence-corrected chi connectivity index (χ3v) is 3.11. The summed E-state index contributed by atoms with van der Waals surface area (Å²) in [5, 5.41) is 8.96. The quantitative estimate of drug-likeness (QED) is 0.790. The molecule has 1 saturated heterocycles. The summed E-state index contributed by atoms with van der Waals surface area (Å²) >= 11 is 0. The fourth-order valence-electron chi connectivity index (χ4n) is 2.12. The lowest BCUT2D eigenvalue weighted by atomic mass is 9.98. The van der Waals surface area contributed by atoms with Gasteiger partial charge in [-0.05, 0) is 12.8 Å². The number of rotatable bonds is 2. The summed E-state index contributed by atoms with van der Waals surface area (Å²) in [5.74, 6) is -1.83. The average Bonchev–Trinajstić information content (AvgIpc) is 2.38. The van der Waals surface area contributed by atoms with Crippen molar-refractivity contribution in [3.63, 3.8) is 0 Å². The SMILES string of the molecule is O=C(O)[C@@H]1CCCN(C(=O)c2c[nH]ccc2=O)C1. The van der Waals surface area contributed by atoms with Gasteiger partial charge in [0.15, 0.2) is 5.43 Å². The molecule has 0 bridgehead atoms. The van der Waals surface area contributed by atoms with Crippen molar-refractivity contribution < 1.29 is 14.7 Å². The maximum atomic E-state index is 12.1. The summed E-state index contributed by atoms with van der Waals surface area (Å²) in [6.45, 7) is 0.666. The monoisotopic (exact) mass is 250 g/mol. The molecule has 0 unspecified atom stereocenters. The molecule has 1 amide bonds. The fraction of sp³-hybridized carbons (Fsp3) is 0.417. The first-order valence-electron chi connectivity index (χ1n) is 5.79. The van der Waals surface area contributed by atoms with E-state index in [2.05, 4.69) is 4.98 Å². The zero-order valence-electron chi connectivity index (χ0n) is 9.76. The third kappa shape index (κ3) is 2.42. The van der Waals surface area contributed by atoms with E-state index in [0.717, 1.165) is 0 Å². The summed E-state index contributed by atoms with van der Waals surface area (Å²) in [6.07, 6.45) is 4.03. The Morgan fingerprint density at radius 3 is 2.89 bits per heavy atom. The molecule has 1 atom stereocenters. The molecule has 1 aliphatic heterocycles. The molecule has 18 heavy (non-hydrogen) atoms. The molecule has 0 aliphatic carbocycles. The maximum Gasteiger partial charge on any atom is 0.308 e. The molecule has 0 spiro atoms. The van der Waals surface area contributed by atoms with Gasteiger partial charge in [-0.2, -0.15) is 0 Å². The first-order chi connectivity index (χ1) is 8.59. The number of nitrogens with zero attached hydrogens (tertiary/aromatic N) is 1. The number of carbonyl (C=O) groups excluding carboxylic acids is 1. The predicted molar refractivity (Wildman–Crippen MR) is 63.3 cm³/mol. The van der Waals surface area contributed by atoms with E-state index in [1.54, 1.807) is 0 Å². The third-order valence-electron chi connectivity index (χ3n) is 3.11. The maximum absolute atomic E-state index is 12.1. The first kappa shape index (κ1) is 12.3. The van der Waals surface area contributed by atoms with E-state index in [-0.39, 0.29) is 17.5 Å².